The lowest BCUT2D eigenvalue weighted by Crippen LogP contribution is -2.33. The van der Waals surface area contributed by atoms with Crippen LogP contribution in [0.5, 0.6) is 0 Å². The van der Waals surface area contributed by atoms with Crippen molar-refractivity contribution >= 4 is 0 Å². The highest BCUT2D eigenvalue weighted by Gasteiger charge is 2.10. The van der Waals surface area contributed by atoms with E-state index in [-0.39, 0.29) is 12.1 Å². The molecule has 0 aliphatic carbocycles. The SMILES string of the molecule is COCC(CNC(C)c1ccc(C#N)cc1)OC. The maximum atomic E-state index is 8.74. The van der Waals surface area contributed by atoms with E-state index < -0.39 is 0 Å². The summed E-state index contributed by atoms with van der Waals surface area (Å²) in [6, 6.07) is 9.92. The van der Waals surface area contributed by atoms with Crippen molar-refractivity contribution in [3.8, 4) is 6.07 Å². The Balaban J connectivity index is 2.49. The molecule has 4 heteroatoms. The quantitative estimate of drug-likeness (QED) is 0.800. The Bertz CT molecular complexity index is 384. The second-order valence-electron chi connectivity index (χ2n) is 4.18. The average Bonchev–Trinajstić information content (AvgIpc) is 2.43. The van der Waals surface area contributed by atoms with Gasteiger partial charge in [-0.25, -0.2) is 0 Å². The lowest BCUT2D eigenvalue weighted by molar-refractivity contribution is 0.0276. The van der Waals surface area contributed by atoms with Gasteiger partial charge in [0.05, 0.1) is 24.3 Å². The number of methoxy groups -OCH3 is 2. The maximum absolute atomic E-state index is 8.74. The van der Waals surface area contributed by atoms with Crippen LogP contribution in [0.3, 0.4) is 0 Å². The molecule has 0 aromatic heterocycles. The highest BCUT2D eigenvalue weighted by Crippen LogP contribution is 2.13. The fraction of sp³-hybridized carbons (Fsp3) is 0.500. The summed E-state index contributed by atoms with van der Waals surface area (Å²) >= 11 is 0. The molecule has 2 unspecified atom stereocenters. The van der Waals surface area contributed by atoms with Crippen LogP contribution < -0.4 is 5.32 Å². The number of hydrogen-bond acceptors (Lipinski definition) is 4. The summed E-state index contributed by atoms with van der Waals surface area (Å²) in [5.74, 6) is 0. The second-order valence-corrected chi connectivity index (χ2v) is 4.18. The van der Waals surface area contributed by atoms with Gasteiger partial charge >= 0.3 is 0 Å². The number of benzene rings is 1. The fourth-order valence-electron chi connectivity index (χ4n) is 1.67. The van der Waals surface area contributed by atoms with Gasteiger partial charge in [0, 0.05) is 26.8 Å². The zero-order valence-corrected chi connectivity index (χ0v) is 11.1. The first-order chi connectivity index (χ1) is 8.71. The van der Waals surface area contributed by atoms with Crippen molar-refractivity contribution in [1.82, 2.24) is 5.32 Å². The molecule has 0 radical (unpaired) electrons. The molecule has 0 aliphatic rings. The monoisotopic (exact) mass is 248 g/mol. The van der Waals surface area contributed by atoms with Crippen molar-refractivity contribution < 1.29 is 9.47 Å². The summed E-state index contributed by atoms with van der Waals surface area (Å²) in [6.45, 7) is 3.38. The van der Waals surface area contributed by atoms with Crippen molar-refractivity contribution in [3.63, 3.8) is 0 Å². The predicted molar refractivity (Wildman–Crippen MR) is 70.2 cm³/mol. The molecule has 0 saturated heterocycles. The Morgan fingerprint density at radius 3 is 2.44 bits per heavy atom. The van der Waals surface area contributed by atoms with Crippen LogP contribution in [0.25, 0.3) is 0 Å². The standard InChI is InChI=1S/C14H20N2O2/c1-11(16-9-14(18-3)10-17-2)13-6-4-12(8-15)5-7-13/h4-7,11,14,16H,9-10H2,1-3H3. The highest BCUT2D eigenvalue weighted by atomic mass is 16.5. The van der Waals surface area contributed by atoms with E-state index in [2.05, 4.69) is 18.3 Å². The Kier molecular flexibility index (Phi) is 6.37. The van der Waals surface area contributed by atoms with Crippen LogP contribution in [-0.2, 0) is 9.47 Å². The number of hydrogen-bond donors (Lipinski definition) is 1. The van der Waals surface area contributed by atoms with Gasteiger partial charge in [-0.05, 0) is 24.6 Å². The Morgan fingerprint density at radius 1 is 1.28 bits per heavy atom. The lowest BCUT2D eigenvalue weighted by atomic mass is 10.1. The molecule has 1 aromatic rings. The van der Waals surface area contributed by atoms with Gasteiger partial charge in [0.2, 0.25) is 0 Å². The summed E-state index contributed by atoms with van der Waals surface area (Å²) in [5.41, 5.74) is 1.83. The molecule has 2 atom stereocenters. The van der Waals surface area contributed by atoms with Crippen LogP contribution in [0.15, 0.2) is 24.3 Å². The van der Waals surface area contributed by atoms with Crippen molar-refractivity contribution in [3.05, 3.63) is 35.4 Å². The normalized spacial score (nSPS) is 13.9. The third-order valence-corrected chi connectivity index (χ3v) is 2.88. The summed E-state index contributed by atoms with van der Waals surface area (Å²) in [4.78, 5) is 0. The van der Waals surface area contributed by atoms with Crippen molar-refractivity contribution in [1.29, 1.82) is 5.26 Å². The van der Waals surface area contributed by atoms with Gasteiger partial charge in [0.15, 0.2) is 0 Å². The van der Waals surface area contributed by atoms with E-state index in [9.17, 15) is 0 Å². The van der Waals surface area contributed by atoms with Crippen molar-refractivity contribution in [2.75, 3.05) is 27.4 Å². The zero-order valence-electron chi connectivity index (χ0n) is 11.1. The molecule has 1 aromatic carbocycles. The van der Waals surface area contributed by atoms with E-state index in [1.807, 2.05) is 24.3 Å². The van der Waals surface area contributed by atoms with E-state index >= 15 is 0 Å². The molecule has 18 heavy (non-hydrogen) atoms. The number of nitriles is 1. The Hall–Kier alpha value is -1.41. The Labute approximate surface area is 109 Å². The molecule has 0 aliphatic heterocycles. The number of nitrogens with one attached hydrogen (secondary N) is 1. The first kappa shape index (κ1) is 14.7. The van der Waals surface area contributed by atoms with Gasteiger partial charge in [0.1, 0.15) is 0 Å². The van der Waals surface area contributed by atoms with Crippen LogP contribution in [0, 0.1) is 11.3 Å². The summed E-state index contributed by atoms with van der Waals surface area (Å²) in [5, 5.41) is 12.1. The first-order valence-electron chi connectivity index (χ1n) is 5.96. The summed E-state index contributed by atoms with van der Waals surface area (Å²) in [6.07, 6.45) is 0.0517. The van der Waals surface area contributed by atoms with Crippen LogP contribution in [0.4, 0.5) is 0 Å². The van der Waals surface area contributed by atoms with Gasteiger partial charge in [-0.2, -0.15) is 5.26 Å². The molecule has 0 saturated carbocycles. The van der Waals surface area contributed by atoms with Crippen LogP contribution in [0.2, 0.25) is 0 Å². The molecule has 0 heterocycles. The summed E-state index contributed by atoms with van der Waals surface area (Å²) < 4.78 is 10.3. The molecule has 0 fully saturated rings. The molecular formula is C14H20N2O2. The van der Waals surface area contributed by atoms with Gasteiger partial charge in [-0.1, -0.05) is 12.1 Å². The van der Waals surface area contributed by atoms with E-state index in [0.717, 1.165) is 12.1 Å². The number of nitrogens with zero attached hydrogens (tertiary/aromatic N) is 1. The molecule has 98 valence electrons. The zero-order chi connectivity index (χ0) is 13.4. The second kappa shape index (κ2) is 7.83. The van der Waals surface area contributed by atoms with Crippen molar-refractivity contribution in [2.24, 2.45) is 0 Å². The predicted octanol–water partition coefficient (Wildman–Crippen LogP) is 1.87. The number of rotatable bonds is 7. The molecule has 1 N–H and O–H groups in total. The van der Waals surface area contributed by atoms with Crippen molar-refractivity contribution in [2.45, 2.75) is 19.1 Å². The van der Waals surface area contributed by atoms with Gasteiger partial charge in [-0.15, -0.1) is 0 Å². The van der Waals surface area contributed by atoms with E-state index in [0.29, 0.717) is 12.2 Å². The number of ether oxygens (including phenoxy) is 2. The first-order valence-corrected chi connectivity index (χ1v) is 5.96. The fourth-order valence-corrected chi connectivity index (χ4v) is 1.67. The average molecular weight is 248 g/mol. The third-order valence-electron chi connectivity index (χ3n) is 2.88. The van der Waals surface area contributed by atoms with Gasteiger partial charge in [0.25, 0.3) is 0 Å². The van der Waals surface area contributed by atoms with E-state index in [1.54, 1.807) is 14.2 Å². The molecule has 0 amide bonds. The maximum Gasteiger partial charge on any atom is 0.0991 e. The van der Waals surface area contributed by atoms with Gasteiger partial charge in [-0.3, -0.25) is 0 Å². The highest BCUT2D eigenvalue weighted by molar-refractivity contribution is 5.32. The van der Waals surface area contributed by atoms with Crippen LogP contribution in [-0.4, -0.2) is 33.5 Å². The minimum Gasteiger partial charge on any atom is -0.382 e. The van der Waals surface area contributed by atoms with Crippen LogP contribution >= 0.6 is 0 Å². The lowest BCUT2D eigenvalue weighted by Gasteiger charge is -2.19. The molecular weight excluding hydrogens is 228 g/mol. The minimum absolute atomic E-state index is 0.0517. The van der Waals surface area contributed by atoms with E-state index in [1.165, 1.54) is 0 Å². The van der Waals surface area contributed by atoms with Gasteiger partial charge < -0.3 is 14.8 Å². The molecule has 1 rings (SSSR count). The topological polar surface area (TPSA) is 54.3 Å². The molecule has 4 nitrogen and oxygen atoms in total. The largest absolute Gasteiger partial charge is 0.382 e. The molecule has 0 bridgehead atoms. The minimum atomic E-state index is 0.0517. The smallest absolute Gasteiger partial charge is 0.0991 e. The molecule has 0 spiro atoms. The third kappa shape index (κ3) is 4.46. The van der Waals surface area contributed by atoms with E-state index in [4.69, 9.17) is 14.7 Å². The summed E-state index contributed by atoms with van der Waals surface area (Å²) in [7, 11) is 3.34. The van der Waals surface area contributed by atoms with Crippen LogP contribution in [0.1, 0.15) is 24.1 Å². The Morgan fingerprint density at radius 2 is 1.94 bits per heavy atom.